The van der Waals surface area contributed by atoms with Crippen LogP contribution in [0, 0.1) is 6.92 Å². The molecule has 150 valence electrons. The zero-order valence-electron chi connectivity index (χ0n) is 16.2. The Balaban J connectivity index is 1.56. The number of carboxylic acid groups (broad SMARTS) is 1. The molecule has 3 aromatic rings. The van der Waals surface area contributed by atoms with Gasteiger partial charge < -0.3 is 15.2 Å². The van der Waals surface area contributed by atoms with Crippen LogP contribution in [0.15, 0.2) is 36.9 Å². The second-order valence-electron chi connectivity index (χ2n) is 7.42. The second kappa shape index (κ2) is 8.00. The summed E-state index contributed by atoms with van der Waals surface area (Å²) in [5.74, 6) is -0.354. The number of carbonyl (C=O) groups is 1. The van der Waals surface area contributed by atoms with Crippen LogP contribution >= 0.6 is 0 Å². The molecule has 0 amide bonds. The predicted octanol–water partition coefficient (Wildman–Crippen LogP) is 2.96. The lowest BCUT2D eigenvalue weighted by molar-refractivity contribution is 0.0693. The molecular weight excluding hydrogens is 370 g/mol. The fourth-order valence-corrected chi connectivity index (χ4v) is 4.01. The van der Waals surface area contributed by atoms with Crippen molar-refractivity contribution in [3.63, 3.8) is 0 Å². The van der Waals surface area contributed by atoms with Crippen LogP contribution in [0.4, 0.5) is 0 Å². The Morgan fingerprint density at radius 1 is 1.24 bits per heavy atom. The summed E-state index contributed by atoms with van der Waals surface area (Å²) in [6.07, 6.45) is 8.89. The highest BCUT2D eigenvalue weighted by molar-refractivity contribution is 5.91. The largest absolute Gasteiger partial charge is 0.507 e. The Bertz CT molecular complexity index is 1020. The van der Waals surface area contributed by atoms with Gasteiger partial charge in [0.1, 0.15) is 17.0 Å². The number of hydrogen-bond donors (Lipinski definition) is 3. The van der Waals surface area contributed by atoms with E-state index in [1.807, 2.05) is 6.07 Å². The van der Waals surface area contributed by atoms with Crippen LogP contribution in [0.2, 0.25) is 0 Å². The number of H-pyrrole nitrogens is 1. The standard InChI is InChI=1S/C21H23N5O3/c1-13-9-14(10-16(19(13)27)21(28)29)11-26-8-2-3-15(12-26)17-18(23-5-4-22-17)20-24-6-7-25-20/h4-7,9-10,15,27H,2-3,8,11-12H2,1H3,(H,24,25)(H,28,29)/t15-/m1/s1. The van der Waals surface area contributed by atoms with E-state index in [1.165, 1.54) is 0 Å². The number of rotatable bonds is 5. The van der Waals surface area contributed by atoms with Crippen molar-refractivity contribution >= 4 is 5.97 Å². The van der Waals surface area contributed by atoms with Crippen LogP contribution in [0.5, 0.6) is 5.75 Å². The summed E-state index contributed by atoms with van der Waals surface area (Å²) >= 11 is 0. The van der Waals surface area contributed by atoms with Gasteiger partial charge in [-0.3, -0.25) is 9.88 Å². The van der Waals surface area contributed by atoms with Gasteiger partial charge in [-0.1, -0.05) is 6.07 Å². The molecular formula is C21H23N5O3. The van der Waals surface area contributed by atoms with Gasteiger partial charge in [0.05, 0.1) is 5.69 Å². The summed E-state index contributed by atoms with van der Waals surface area (Å²) in [5, 5.41) is 19.3. The molecule has 0 aliphatic carbocycles. The van der Waals surface area contributed by atoms with E-state index >= 15 is 0 Å². The number of imidazole rings is 1. The summed E-state index contributed by atoms with van der Waals surface area (Å²) in [6, 6.07) is 3.41. The van der Waals surface area contributed by atoms with Gasteiger partial charge >= 0.3 is 5.97 Å². The molecule has 3 N–H and O–H groups in total. The molecule has 0 unspecified atom stereocenters. The minimum Gasteiger partial charge on any atom is -0.507 e. The first kappa shape index (κ1) is 19.1. The zero-order valence-corrected chi connectivity index (χ0v) is 16.2. The molecule has 1 aliphatic heterocycles. The first-order valence-electron chi connectivity index (χ1n) is 9.61. The molecule has 8 nitrogen and oxygen atoms in total. The molecule has 0 spiro atoms. The van der Waals surface area contributed by atoms with Crippen molar-refractivity contribution in [2.75, 3.05) is 13.1 Å². The van der Waals surface area contributed by atoms with Gasteiger partial charge in [0, 0.05) is 43.8 Å². The number of hydrogen-bond acceptors (Lipinski definition) is 6. The highest BCUT2D eigenvalue weighted by atomic mass is 16.4. The zero-order chi connectivity index (χ0) is 20.4. The van der Waals surface area contributed by atoms with E-state index in [9.17, 15) is 15.0 Å². The number of likely N-dealkylation sites (tertiary alicyclic amines) is 1. The summed E-state index contributed by atoms with van der Waals surface area (Å²) < 4.78 is 0. The maximum Gasteiger partial charge on any atom is 0.339 e. The van der Waals surface area contributed by atoms with Crippen LogP contribution in [-0.4, -0.2) is 54.1 Å². The fourth-order valence-electron chi connectivity index (χ4n) is 4.01. The van der Waals surface area contributed by atoms with Crippen molar-refractivity contribution in [3.05, 3.63) is 59.3 Å². The molecule has 2 aromatic heterocycles. The van der Waals surface area contributed by atoms with E-state index in [2.05, 4.69) is 24.8 Å². The third kappa shape index (κ3) is 3.97. The summed E-state index contributed by atoms with van der Waals surface area (Å²) in [5.41, 5.74) is 3.10. The number of benzene rings is 1. The van der Waals surface area contributed by atoms with Gasteiger partial charge in [-0.2, -0.15) is 0 Å². The molecule has 1 aromatic carbocycles. The molecule has 1 fully saturated rings. The minimum atomic E-state index is -1.12. The lowest BCUT2D eigenvalue weighted by Crippen LogP contribution is -2.34. The van der Waals surface area contributed by atoms with E-state index < -0.39 is 5.97 Å². The molecule has 8 heteroatoms. The predicted molar refractivity (Wildman–Crippen MR) is 107 cm³/mol. The first-order valence-corrected chi connectivity index (χ1v) is 9.61. The normalized spacial score (nSPS) is 17.3. The number of aromatic nitrogens is 4. The van der Waals surface area contributed by atoms with Crippen molar-refractivity contribution in [1.29, 1.82) is 0 Å². The maximum absolute atomic E-state index is 11.4. The van der Waals surface area contributed by atoms with Crippen molar-refractivity contribution < 1.29 is 15.0 Å². The Morgan fingerprint density at radius 2 is 2.07 bits per heavy atom. The van der Waals surface area contributed by atoms with Gasteiger partial charge in [0.15, 0.2) is 5.82 Å². The van der Waals surface area contributed by atoms with Gasteiger partial charge in [0.25, 0.3) is 0 Å². The number of aromatic carboxylic acids is 1. The number of aryl methyl sites for hydroxylation is 1. The number of piperidine rings is 1. The number of aromatic amines is 1. The Hall–Kier alpha value is -3.26. The van der Waals surface area contributed by atoms with E-state index in [4.69, 9.17) is 0 Å². The van der Waals surface area contributed by atoms with Crippen molar-refractivity contribution in [2.24, 2.45) is 0 Å². The lowest BCUT2D eigenvalue weighted by Gasteiger charge is -2.33. The molecule has 1 aliphatic rings. The van der Waals surface area contributed by atoms with Crippen LogP contribution in [-0.2, 0) is 6.54 Å². The van der Waals surface area contributed by atoms with Gasteiger partial charge in [-0.25, -0.2) is 14.8 Å². The molecule has 1 saturated heterocycles. The van der Waals surface area contributed by atoms with E-state index in [0.29, 0.717) is 17.9 Å². The average molecular weight is 393 g/mol. The third-order valence-corrected chi connectivity index (χ3v) is 5.34. The van der Waals surface area contributed by atoms with Crippen molar-refractivity contribution in [3.8, 4) is 17.3 Å². The number of nitrogens with one attached hydrogen (secondary N) is 1. The van der Waals surface area contributed by atoms with E-state index in [-0.39, 0.29) is 17.2 Å². The number of aromatic hydroxyl groups is 1. The third-order valence-electron chi connectivity index (χ3n) is 5.34. The monoisotopic (exact) mass is 393 g/mol. The van der Waals surface area contributed by atoms with E-state index in [1.54, 1.807) is 37.8 Å². The topological polar surface area (TPSA) is 115 Å². The van der Waals surface area contributed by atoms with Gasteiger partial charge in [0.2, 0.25) is 0 Å². The number of phenols is 1. The molecule has 1 atom stereocenters. The highest BCUT2D eigenvalue weighted by Gasteiger charge is 2.26. The summed E-state index contributed by atoms with van der Waals surface area (Å²) in [6.45, 7) is 4.07. The second-order valence-corrected chi connectivity index (χ2v) is 7.42. The van der Waals surface area contributed by atoms with E-state index in [0.717, 1.165) is 42.9 Å². The molecule has 0 radical (unpaired) electrons. The van der Waals surface area contributed by atoms with Crippen LogP contribution < -0.4 is 0 Å². The number of nitrogens with zero attached hydrogens (tertiary/aromatic N) is 4. The van der Waals surface area contributed by atoms with Crippen molar-refractivity contribution in [2.45, 2.75) is 32.2 Å². The summed E-state index contributed by atoms with van der Waals surface area (Å²) in [7, 11) is 0. The Labute approximate surface area is 168 Å². The SMILES string of the molecule is Cc1cc(CN2CCC[C@@H](c3nccnc3-c3ncc[nH]3)C2)cc(C(=O)O)c1O. The maximum atomic E-state index is 11.4. The fraction of sp³-hybridized carbons (Fsp3) is 0.333. The first-order chi connectivity index (χ1) is 14.0. The Kier molecular flexibility index (Phi) is 5.26. The molecule has 29 heavy (non-hydrogen) atoms. The van der Waals surface area contributed by atoms with Crippen LogP contribution in [0.25, 0.3) is 11.5 Å². The van der Waals surface area contributed by atoms with Crippen LogP contribution in [0.3, 0.4) is 0 Å². The quantitative estimate of drug-likeness (QED) is 0.610. The minimum absolute atomic E-state index is 0.0532. The lowest BCUT2D eigenvalue weighted by atomic mass is 9.92. The summed E-state index contributed by atoms with van der Waals surface area (Å²) in [4.78, 5) is 30.2. The molecule has 4 rings (SSSR count). The molecule has 0 bridgehead atoms. The van der Waals surface area contributed by atoms with Gasteiger partial charge in [-0.15, -0.1) is 0 Å². The average Bonchev–Trinajstić information content (AvgIpc) is 3.25. The van der Waals surface area contributed by atoms with Gasteiger partial charge in [-0.05, 0) is 43.5 Å². The highest BCUT2D eigenvalue weighted by Crippen LogP contribution is 2.32. The molecule has 3 heterocycles. The van der Waals surface area contributed by atoms with Crippen molar-refractivity contribution in [1.82, 2.24) is 24.8 Å². The smallest absolute Gasteiger partial charge is 0.339 e. The van der Waals surface area contributed by atoms with Crippen LogP contribution in [0.1, 0.15) is 45.9 Å². The Morgan fingerprint density at radius 3 is 2.83 bits per heavy atom. The molecule has 0 saturated carbocycles. The number of carboxylic acids is 1.